The summed E-state index contributed by atoms with van der Waals surface area (Å²) in [5.41, 5.74) is 0.992. The second kappa shape index (κ2) is 5.73. The predicted molar refractivity (Wildman–Crippen MR) is 70.7 cm³/mol. The number of rotatable bonds is 3. The van der Waals surface area contributed by atoms with Crippen LogP contribution in [0.2, 0.25) is 0 Å². The molecule has 0 atom stereocenters. The molecular formula is C13H10BrFN2O. The Morgan fingerprint density at radius 1 is 1.33 bits per heavy atom. The minimum Gasteiger partial charge on any atom is -0.323 e. The van der Waals surface area contributed by atoms with E-state index in [1.54, 1.807) is 0 Å². The van der Waals surface area contributed by atoms with Gasteiger partial charge in [-0.15, -0.1) is 0 Å². The Bertz CT molecular complexity index is 525. The van der Waals surface area contributed by atoms with Crippen LogP contribution in [-0.4, -0.2) is 10.9 Å². The zero-order valence-electron chi connectivity index (χ0n) is 9.36. The van der Waals surface area contributed by atoms with Gasteiger partial charge in [0.05, 0.1) is 18.3 Å². The van der Waals surface area contributed by atoms with Crippen LogP contribution >= 0.6 is 15.9 Å². The zero-order chi connectivity index (χ0) is 13.0. The van der Waals surface area contributed by atoms with Crippen LogP contribution in [0, 0.1) is 5.82 Å². The number of amides is 1. The number of carbonyl (C=O) groups excluding carboxylic acids is 1. The summed E-state index contributed by atoms with van der Waals surface area (Å²) in [5.74, 6) is -0.815. The fourth-order valence-corrected chi connectivity index (χ4v) is 1.91. The number of hydrogen-bond donors (Lipinski definition) is 1. The van der Waals surface area contributed by atoms with Crippen molar-refractivity contribution in [2.24, 2.45) is 0 Å². The number of carbonyl (C=O) groups is 1. The van der Waals surface area contributed by atoms with E-state index in [0.29, 0.717) is 0 Å². The molecule has 0 radical (unpaired) electrons. The summed E-state index contributed by atoms with van der Waals surface area (Å²) in [5, 5.41) is 2.51. The fourth-order valence-electron chi connectivity index (χ4n) is 1.49. The van der Waals surface area contributed by atoms with Crippen molar-refractivity contribution in [3.63, 3.8) is 0 Å². The first kappa shape index (κ1) is 12.7. The smallest absolute Gasteiger partial charge is 0.228 e. The molecule has 3 nitrogen and oxygen atoms in total. The highest BCUT2D eigenvalue weighted by molar-refractivity contribution is 9.10. The van der Waals surface area contributed by atoms with Crippen molar-refractivity contribution >= 4 is 27.5 Å². The Morgan fingerprint density at radius 2 is 2.11 bits per heavy atom. The van der Waals surface area contributed by atoms with E-state index >= 15 is 0 Å². The Labute approximate surface area is 112 Å². The van der Waals surface area contributed by atoms with E-state index in [4.69, 9.17) is 0 Å². The summed E-state index contributed by atoms with van der Waals surface area (Å²) < 4.78 is 14.1. The molecular weight excluding hydrogens is 299 g/mol. The van der Waals surface area contributed by atoms with Crippen molar-refractivity contribution in [3.8, 4) is 0 Å². The Balaban J connectivity index is 2.06. The molecule has 1 aromatic heterocycles. The maximum atomic E-state index is 13.3. The van der Waals surface area contributed by atoms with E-state index in [1.807, 2.05) is 24.3 Å². The molecule has 0 saturated carbocycles. The van der Waals surface area contributed by atoms with Gasteiger partial charge >= 0.3 is 0 Å². The second-order valence-corrected chi connectivity index (χ2v) is 4.53. The lowest BCUT2D eigenvalue weighted by Gasteiger charge is -2.07. The van der Waals surface area contributed by atoms with Crippen LogP contribution in [0.15, 0.2) is 47.2 Å². The van der Waals surface area contributed by atoms with Crippen LogP contribution in [0.4, 0.5) is 10.1 Å². The first-order chi connectivity index (χ1) is 8.66. The van der Waals surface area contributed by atoms with Crippen LogP contribution in [0.3, 0.4) is 0 Å². The fraction of sp³-hybridized carbons (Fsp3) is 0.0769. The number of hydrogen-bond acceptors (Lipinski definition) is 2. The molecule has 0 aliphatic heterocycles. The number of pyridine rings is 1. The van der Waals surface area contributed by atoms with Gasteiger partial charge in [-0.05, 0) is 17.7 Å². The van der Waals surface area contributed by atoms with Gasteiger partial charge in [0, 0.05) is 10.7 Å². The van der Waals surface area contributed by atoms with E-state index in [9.17, 15) is 9.18 Å². The molecule has 1 heterocycles. The molecule has 0 bridgehead atoms. The highest BCUT2D eigenvalue weighted by Gasteiger charge is 2.09. The molecule has 1 aromatic carbocycles. The average Bonchev–Trinajstić information content (AvgIpc) is 2.35. The maximum Gasteiger partial charge on any atom is 0.228 e. The lowest BCUT2D eigenvalue weighted by atomic mass is 10.1. The number of nitrogens with zero attached hydrogens (tertiary/aromatic N) is 1. The van der Waals surface area contributed by atoms with Crippen molar-refractivity contribution in [1.82, 2.24) is 4.98 Å². The van der Waals surface area contributed by atoms with Crippen LogP contribution in [0.1, 0.15) is 5.56 Å². The van der Waals surface area contributed by atoms with Gasteiger partial charge in [-0.25, -0.2) is 4.39 Å². The van der Waals surface area contributed by atoms with Gasteiger partial charge in [-0.3, -0.25) is 9.78 Å². The van der Waals surface area contributed by atoms with E-state index in [2.05, 4.69) is 26.2 Å². The minimum absolute atomic E-state index is 0.141. The lowest BCUT2D eigenvalue weighted by molar-refractivity contribution is -0.115. The summed E-state index contributed by atoms with van der Waals surface area (Å²) in [6, 6.07) is 8.84. The van der Waals surface area contributed by atoms with Crippen molar-refractivity contribution in [2.45, 2.75) is 6.42 Å². The first-order valence-corrected chi connectivity index (χ1v) is 6.09. The van der Waals surface area contributed by atoms with Crippen LogP contribution in [0.5, 0.6) is 0 Å². The average molecular weight is 309 g/mol. The Hall–Kier alpha value is -1.75. The SMILES string of the molecule is O=C(Cc1ccccc1Br)Nc1ccncc1F. The van der Waals surface area contributed by atoms with Crippen molar-refractivity contribution in [2.75, 3.05) is 5.32 Å². The molecule has 0 unspecified atom stereocenters. The summed E-state index contributed by atoms with van der Waals surface area (Å²) in [7, 11) is 0. The summed E-state index contributed by atoms with van der Waals surface area (Å²) >= 11 is 3.36. The topological polar surface area (TPSA) is 42.0 Å². The summed E-state index contributed by atoms with van der Waals surface area (Å²) in [6.45, 7) is 0. The normalized spacial score (nSPS) is 10.1. The molecule has 2 aromatic rings. The van der Waals surface area contributed by atoms with Crippen molar-refractivity contribution in [3.05, 3.63) is 58.6 Å². The minimum atomic E-state index is -0.544. The van der Waals surface area contributed by atoms with E-state index < -0.39 is 5.82 Å². The summed E-state index contributed by atoms with van der Waals surface area (Å²) in [6.07, 6.45) is 2.67. The summed E-state index contributed by atoms with van der Waals surface area (Å²) in [4.78, 5) is 15.4. The van der Waals surface area contributed by atoms with Gasteiger partial charge < -0.3 is 5.32 Å². The third-order valence-corrected chi connectivity index (χ3v) is 3.13. The van der Waals surface area contributed by atoms with Gasteiger partial charge in [0.1, 0.15) is 0 Å². The molecule has 0 aliphatic carbocycles. The van der Waals surface area contributed by atoms with Crippen LogP contribution in [-0.2, 0) is 11.2 Å². The lowest BCUT2D eigenvalue weighted by Crippen LogP contribution is -2.15. The second-order valence-electron chi connectivity index (χ2n) is 3.67. The van der Waals surface area contributed by atoms with Gasteiger partial charge in [0.15, 0.2) is 5.82 Å². The van der Waals surface area contributed by atoms with E-state index in [0.717, 1.165) is 16.2 Å². The molecule has 1 amide bonds. The van der Waals surface area contributed by atoms with Gasteiger partial charge in [-0.2, -0.15) is 0 Å². The molecule has 5 heteroatoms. The molecule has 0 aliphatic rings. The van der Waals surface area contributed by atoms with Gasteiger partial charge in [-0.1, -0.05) is 34.1 Å². The Morgan fingerprint density at radius 3 is 2.83 bits per heavy atom. The van der Waals surface area contributed by atoms with Crippen LogP contribution < -0.4 is 5.32 Å². The highest BCUT2D eigenvalue weighted by Crippen LogP contribution is 2.17. The van der Waals surface area contributed by atoms with E-state index in [-0.39, 0.29) is 18.0 Å². The van der Waals surface area contributed by atoms with Crippen LogP contribution in [0.25, 0.3) is 0 Å². The first-order valence-electron chi connectivity index (χ1n) is 5.29. The number of aromatic nitrogens is 1. The number of benzene rings is 1. The quantitative estimate of drug-likeness (QED) is 0.946. The number of anilines is 1. The maximum absolute atomic E-state index is 13.3. The predicted octanol–water partition coefficient (Wildman–Crippen LogP) is 3.16. The molecule has 0 saturated heterocycles. The van der Waals surface area contributed by atoms with Gasteiger partial charge in [0.25, 0.3) is 0 Å². The molecule has 18 heavy (non-hydrogen) atoms. The standard InChI is InChI=1S/C13H10BrFN2O/c14-10-4-2-1-3-9(10)7-13(18)17-12-5-6-16-8-11(12)15/h1-6,8H,7H2,(H,16,17,18). The number of halogens is 2. The van der Waals surface area contributed by atoms with Gasteiger partial charge in [0.2, 0.25) is 5.91 Å². The largest absolute Gasteiger partial charge is 0.323 e. The van der Waals surface area contributed by atoms with E-state index in [1.165, 1.54) is 12.3 Å². The molecule has 0 fully saturated rings. The molecule has 0 spiro atoms. The molecule has 92 valence electrons. The zero-order valence-corrected chi connectivity index (χ0v) is 10.9. The Kier molecular flexibility index (Phi) is 4.04. The van der Waals surface area contributed by atoms with Crippen molar-refractivity contribution < 1.29 is 9.18 Å². The molecule has 2 rings (SSSR count). The highest BCUT2D eigenvalue weighted by atomic mass is 79.9. The van der Waals surface area contributed by atoms with Crippen molar-refractivity contribution in [1.29, 1.82) is 0 Å². The monoisotopic (exact) mass is 308 g/mol. The third kappa shape index (κ3) is 3.13. The number of nitrogens with one attached hydrogen (secondary N) is 1. The molecule has 1 N–H and O–H groups in total. The third-order valence-electron chi connectivity index (χ3n) is 2.36.